The molecule has 0 aliphatic heterocycles. The summed E-state index contributed by atoms with van der Waals surface area (Å²) in [6, 6.07) is 0.419. The SMILES string of the molecule is CCOC(=O)C(F)[C@@H](N)c1c(Cl)ccc(F)c1O. The van der Waals surface area contributed by atoms with Crippen LogP contribution in [0.2, 0.25) is 5.02 Å². The molecule has 0 spiro atoms. The molecule has 2 atom stereocenters. The Hall–Kier alpha value is -1.40. The van der Waals surface area contributed by atoms with Crippen LogP contribution in [0.4, 0.5) is 8.78 Å². The first kappa shape index (κ1) is 14.7. The fourth-order valence-electron chi connectivity index (χ4n) is 1.39. The summed E-state index contributed by atoms with van der Waals surface area (Å²) in [4.78, 5) is 11.2. The Kier molecular flexibility index (Phi) is 4.86. The van der Waals surface area contributed by atoms with Crippen LogP contribution in [-0.2, 0) is 9.53 Å². The van der Waals surface area contributed by atoms with Crippen LogP contribution in [0.5, 0.6) is 5.75 Å². The topological polar surface area (TPSA) is 72.5 Å². The quantitative estimate of drug-likeness (QED) is 0.828. The second-order valence-corrected chi connectivity index (χ2v) is 3.88. The third-order valence-corrected chi connectivity index (χ3v) is 2.60. The summed E-state index contributed by atoms with van der Waals surface area (Å²) in [6.07, 6.45) is -2.24. The molecule has 1 aromatic carbocycles. The highest BCUT2D eigenvalue weighted by Crippen LogP contribution is 2.34. The number of aromatic hydroxyl groups is 1. The molecule has 1 unspecified atom stereocenters. The number of benzene rings is 1. The lowest BCUT2D eigenvalue weighted by atomic mass is 10.0. The Morgan fingerprint density at radius 1 is 1.61 bits per heavy atom. The number of phenols is 1. The van der Waals surface area contributed by atoms with Crippen LogP contribution < -0.4 is 5.73 Å². The third kappa shape index (κ3) is 2.88. The van der Waals surface area contributed by atoms with Crippen molar-refractivity contribution in [3.63, 3.8) is 0 Å². The molecule has 18 heavy (non-hydrogen) atoms. The van der Waals surface area contributed by atoms with Gasteiger partial charge in [-0.2, -0.15) is 0 Å². The summed E-state index contributed by atoms with van der Waals surface area (Å²) in [5.74, 6) is -3.06. The molecule has 0 aliphatic carbocycles. The standard InChI is InChI=1S/C11H12ClF2NO3/c1-2-18-11(17)8(14)9(15)7-5(12)3-4-6(13)10(7)16/h3-4,8-9,16H,2,15H2,1H3/t8?,9-/m0/s1. The number of alkyl halides is 1. The Labute approximate surface area is 107 Å². The molecule has 0 saturated carbocycles. The second kappa shape index (κ2) is 5.97. The van der Waals surface area contributed by atoms with E-state index in [4.69, 9.17) is 17.3 Å². The maximum Gasteiger partial charge on any atom is 0.342 e. The van der Waals surface area contributed by atoms with Crippen molar-refractivity contribution in [2.45, 2.75) is 19.1 Å². The highest BCUT2D eigenvalue weighted by molar-refractivity contribution is 6.31. The molecule has 0 aliphatic rings. The van der Waals surface area contributed by atoms with Crippen molar-refractivity contribution >= 4 is 17.6 Å². The predicted octanol–water partition coefficient (Wildman–Crippen LogP) is 2.09. The number of carbonyl (C=O) groups excluding carboxylic acids is 1. The molecule has 1 aromatic rings. The molecule has 0 saturated heterocycles. The maximum atomic E-state index is 13.7. The zero-order valence-electron chi connectivity index (χ0n) is 9.49. The van der Waals surface area contributed by atoms with Gasteiger partial charge in [0.15, 0.2) is 11.6 Å². The fourth-order valence-corrected chi connectivity index (χ4v) is 1.67. The van der Waals surface area contributed by atoms with Crippen molar-refractivity contribution in [3.05, 3.63) is 28.5 Å². The summed E-state index contributed by atoms with van der Waals surface area (Å²) in [7, 11) is 0. The van der Waals surface area contributed by atoms with Crippen molar-refractivity contribution in [1.29, 1.82) is 0 Å². The molecule has 0 aromatic heterocycles. The van der Waals surface area contributed by atoms with Gasteiger partial charge in [-0.15, -0.1) is 0 Å². The highest BCUT2D eigenvalue weighted by Gasteiger charge is 2.32. The van der Waals surface area contributed by atoms with Gasteiger partial charge in [0.1, 0.15) is 0 Å². The second-order valence-electron chi connectivity index (χ2n) is 3.47. The predicted molar refractivity (Wildman–Crippen MR) is 61.5 cm³/mol. The van der Waals surface area contributed by atoms with E-state index in [0.29, 0.717) is 0 Å². The number of ether oxygens (including phenoxy) is 1. The summed E-state index contributed by atoms with van der Waals surface area (Å²) >= 11 is 5.70. The minimum Gasteiger partial charge on any atom is -0.505 e. The van der Waals surface area contributed by atoms with E-state index in [0.717, 1.165) is 12.1 Å². The van der Waals surface area contributed by atoms with Crippen LogP contribution in [0.15, 0.2) is 12.1 Å². The Morgan fingerprint density at radius 3 is 2.78 bits per heavy atom. The number of rotatable bonds is 4. The molecule has 0 bridgehead atoms. The third-order valence-electron chi connectivity index (χ3n) is 2.28. The van der Waals surface area contributed by atoms with Crippen molar-refractivity contribution in [2.24, 2.45) is 5.73 Å². The Bertz CT molecular complexity index is 456. The van der Waals surface area contributed by atoms with E-state index < -0.39 is 29.7 Å². The molecular formula is C11H12ClF2NO3. The first-order valence-electron chi connectivity index (χ1n) is 5.13. The van der Waals surface area contributed by atoms with Crippen molar-refractivity contribution < 1.29 is 23.4 Å². The fraction of sp³-hybridized carbons (Fsp3) is 0.364. The van der Waals surface area contributed by atoms with Gasteiger partial charge >= 0.3 is 5.97 Å². The Balaban J connectivity index is 3.07. The lowest BCUT2D eigenvalue weighted by Crippen LogP contribution is -2.31. The molecule has 7 heteroatoms. The van der Waals surface area contributed by atoms with Crippen LogP contribution >= 0.6 is 11.6 Å². The van der Waals surface area contributed by atoms with Crippen molar-refractivity contribution in [2.75, 3.05) is 6.61 Å². The highest BCUT2D eigenvalue weighted by atomic mass is 35.5. The number of carbonyl (C=O) groups is 1. The van der Waals surface area contributed by atoms with E-state index in [-0.39, 0.29) is 17.2 Å². The average Bonchev–Trinajstić information content (AvgIpc) is 2.33. The van der Waals surface area contributed by atoms with Crippen LogP contribution in [0.1, 0.15) is 18.5 Å². The van der Waals surface area contributed by atoms with Crippen LogP contribution in [0.3, 0.4) is 0 Å². The van der Waals surface area contributed by atoms with Crippen molar-refractivity contribution in [3.8, 4) is 5.75 Å². The molecule has 4 nitrogen and oxygen atoms in total. The van der Waals surface area contributed by atoms with E-state index >= 15 is 0 Å². The number of phenolic OH excluding ortho intramolecular Hbond substituents is 1. The van der Waals surface area contributed by atoms with Gasteiger partial charge in [0.25, 0.3) is 0 Å². The number of esters is 1. The molecule has 0 amide bonds. The minimum absolute atomic E-state index is 0.0190. The lowest BCUT2D eigenvalue weighted by Gasteiger charge is -2.18. The Morgan fingerprint density at radius 2 is 2.22 bits per heavy atom. The smallest absolute Gasteiger partial charge is 0.342 e. The first-order valence-corrected chi connectivity index (χ1v) is 5.51. The summed E-state index contributed by atoms with van der Waals surface area (Å²) in [5.41, 5.74) is 5.09. The van der Waals surface area contributed by atoms with Gasteiger partial charge in [-0.1, -0.05) is 11.6 Å². The van der Waals surface area contributed by atoms with Gasteiger partial charge in [-0.3, -0.25) is 0 Å². The zero-order valence-corrected chi connectivity index (χ0v) is 10.2. The van der Waals surface area contributed by atoms with Gasteiger partial charge in [-0.05, 0) is 19.1 Å². The monoisotopic (exact) mass is 279 g/mol. The van der Waals surface area contributed by atoms with E-state index in [1.807, 2.05) is 0 Å². The minimum atomic E-state index is -2.24. The zero-order chi connectivity index (χ0) is 13.9. The summed E-state index contributed by atoms with van der Waals surface area (Å²) in [5, 5.41) is 9.32. The van der Waals surface area contributed by atoms with E-state index in [1.165, 1.54) is 6.92 Å². The van der Waals surface area contributed by atoms with Crippen molar-refractivity contribution in [1.82, 2.24) is 0 Å². The number of nitrogens with two attached hydrogens (primary N) is 1. The average molecular weight is 280 g/mol. The van der Waals surface area contributed by atoms with Gasteiger partial charge in [0, 0.05) is 10.6 Å². The van der Waals surface area contributed by atoms with Gasteiger partial charge in [-0.25, -0.2) is 13.6 Å². The van der Waals surface area contributed by atoms with E-state index in [2.05, 4.69) is 4.74 Å². The van der Waals surface area contributed by atoms with Gasteiger partial charge in [0.2, 0.25) is 6.17 Å². The molecule has 1 rings (SSSR count). The number of hydrogen-bond donors (Lipinski definition) is 2. The molecule has 100 valence electrons. The molecular weight excluding hydrogens is 268 g/mol. The maximum absolute atomic E-state index is 13.7. The van der Waals surface area contributed by atoms with Crippen LogP contribution in [0, 0.1) is 5.82 Å². The van der Waals surface area contributed by atoms with Crippen LogP contribution in [0.25, 0.3) is 0 Å². The van der Waals surface area contributed by atoms with E-state index in [9.17, 15) is 18.7 Å². The number of halogens is 3. The summed E-state index contributed by atoms with van der Waals surface area (Å²) < 4.78 is 31.2. The molecule has 0 radical (unpaired) electrons. The van der Waals surface area contributed by atoms with Crippen LogP contribution in [-0.4, -0.2) is 23.9 Å². The largest absolute Gasteiger partial charge is 0.505 e. The van der Waals surface area contributed by atoms with E-state index in [1.54, 1.807) is 0 Å². The summed E-state index contributed by atoms with van der Waals surface area (Å²) in [6.45, 7) is 1.48. The normalized spacial score (nSPS) is 14.1. The molecule has 0 heterocycles. The number of hydrogen-bond acceptors (Lipinski definition) is 4. The lowest BCUT2D eigenvalue weighted by molar-refractivity contribution is -0.149. The van der Waals surface area contributed by atoms with Gasteiger partial charge < -0.3 is 15.6 Å². The molecule has 3 N–H and O–H groups in total. The molecule has 0 fully saturated rings. The first-order chi connectivity index (χ1) is 8.40. The van der Waals surface area contributed by atoms with Gasteiger partial charge in [0.05, 0.1) is 12.6 Å².